The predicted octanol–water partition coefficient (Wildman–Crippen LogP) is 3.37. The summed E-state index contributed by atoms with van der Waals surface area (Å²) in [6.07, 6.45) is 2.71. The van der Waals surface area contributed by atoms with Crippen LogP contribution < -0.4 is 0 Å². The first-order valence-corrected chi connectivity index (χ1v) is 4.40. The van der Waals surface area contributed by atoms with Crippen LogP contribution >= 0.6 is 0 Å². The van der Waals surface area contributed by atoms with Crippen LogP contribution in [0, 0.1) is 12.8 Å². The van der Waals surface area contributed by atoms with Gasteiger partial charge >= 0.3 is 0 Å². The van der Waals surface area contributed by atoms with Crippen LogP contribution in [0.4, 0.5) is 0 Å². The van der Waals surface area contributed by atoms with Crippen LogP contribution in [0.25, 0.3) is 0 Å². The number of hydrogen-bond donors (Lipinski definition) is 1. The maximum absolute atomic E-state index is 9.00. The highest BCUT2D eigenvalue weighted by molar-refractivity contribution is 5.62. The molecule has 0 rings (SSSR count). The zero-order chi connectivity index (χ0) is 10.6. The van der Waals surface area contributed by atoms with Gasteiger partial charge in [0.25, 0.3) is 5.97 Å². The van der Waals surface area contributed by atoms with Gasteiger partial charge in [-0.25, -0.2) is 0 Å². The third kappa shape index (κ3) is 111. The molecule has 0 saturated heterocycles. The maximum atomic E-state index is 9.00. The second-order valence-electron chi connectivity index (χ2n) is 2.70. The molecule has 12 heavy (non-hydrogen) atoms. The zero-order valence-electron chi connectivity index (χ0n) is 9.05. The molecular formula is C10H23O2. The van der Waals surface area contributed by atoms with Crippen molar-refractivity contribution >= 4 is 5.97 Å². The molecule has 0 saturated carbocycles. The number of carboxylic acid groups (broad SMARTS) is 1. The molecule has 1 radical (unpaired) electrons. The number of rotatable bonds is 2. The van der Waals surface area contributed by atoms with Crippen LogP contribution in [0.1, 0.15) is 47.5 Å². The Morgan fingerprint density at radius 3 is 1.67 bits per heavy atom. The molecule has 75 valence electrons. The summed E-state index contributed by atoms with van der Waals surface area (Å²) < 4.78 is 0. The van der Waals surface area contributed by atoms with E-state index in [1.807, 2.05) is 0 Å². The van der Waals surface area contributed by atoms with Crippen LogP contribution in [0.3, 0.4) is 0 Å². The lowest BCUT2D eigenvalue weighted by Crippen LogP contribution is -1.81. The van der Waals surface area contributed by atoms with E-state index in [-0.39, 0.29) is 0 Å². The van der Waals surface area contributed by atoms with E-state index in [0.29, 0.717) is 0 Å². The molecule has 0 heterocycles. The minimum atomic E-state index is -0.833. The fraction of sp³-hybridized carbons (Fsp3) is 0.800. The van der Waals surface area contributed by atoms with Crippen molar-refractivity contribution in [2.75, 3.05) is 0 Å². The maximum Gasteiger partial charge on any atom is 0.300 e. The van der Waals surface area contributed by atoms with Gasteiger partial charge < -0.3 is 5.11 Å². The smallest absolute Gasteiger partial charge is 0.300 e. The lowest BCUT2D eigenvalue weighted by Gasteiger charge is -1.95. The Labute approximate surface area is 77.0 Å². The molecule has 0 bridgehead atoms. The molecule has 2 nitrogen and oxygen atoms in total. The van der Waals surface area contributed by atoms with Gasteiger partial charge in [0.1, 0.15) is 0 Å². The molecule has 0 fully saturated rings. The van der Waals surface area contributed by atoms with Gasteiger partial charge in [-0.2, -0.15) is 0 Å². The third-order valence-corrected chi connectivity index (χ3v) is 0.866. The molecule has 0 spiro atoms. The van der Waals surface area contributed by atoms with Gasteiger partial charge in [0.15, 0.2) is 0 Å². The van der Waals surface area contributed by atoms with Crippen LogP contribution in [0.5, 0.6) is 0 Å². The van der Waals surface area contributed by atoms with Crippen LogP contribution in [-0.2, 0) is 4.79 Å². The number of carboxylic acids is 1. The number of hydrogen-bond acceptors (Lipinski definition) is 1. The van der Waals surface area contributed by atoms with Crippen LogP contribution in [0.2, 0.25) is 0 Å². The zero-order valence-corrected chi connectivity index (χ0v) is 9.05. The molecule has 0 aromatic carbocycles. The first kappa shape index (κ1) is 17.5. The third-order valence-electron chi connectivity index (χ3n) is 0.866. The number of carbonyl (C=O) groups is 1. The van der Waals surface area contributed by atoms with Crippen molar-refractivity contribution < 1.29 is 9.90 Å². The van der Waals surface area contributed by atoms with Crippen molar-refractivity contribution in [3.05, 3.63) is 6.92 Å². The summed E-state index contributed by atoms with van der Waals surface area (Å²) in [6, 6.07) is 0. The average Bonchev–Trinajstić information content (AvgIpc) is 1.90. The largest absolute Gasteiger partial charge is 0.481 e. The van der Waals surface area contributed by atoms with Crippen LogP contribution in [0.15, 0.2) is 0 Å². The predicted molar refractivity (Wildman–Crippen MR) is 54.1 cm³/mol. The molecule has 2 heteroatoms. The lowest BCUT2D eigenvalue weighted by molar-refractivity contribution is -0.134. The average molecular weight is 175 g/mol. The van der Waals surface area contributed by atoms with Gasteiger partial charge in [0.2, 0.25) is 0 Å². The first-order valence-electron chi connectivity index (χ1n) is 4.40. The van der Waals surface area contributed by atoms with E-state index in [9.17, 15) is 0 Å². The van der Waals surface area contributed by atoms with E-state index >= 15 is 0 Å². The topological polar surface area (TPSA) is 37.3 Å². The Hall–Kier alpha value is -0.530. The van der Waals surface area contributed by atoms with Gasteiger partial charge in [0.05, 0.1) is 0 Å². The van der Waals surface area contributed by atoms with E-state index in [1.54, 1.807) is 6.92 Å². The minimum absolute atomic E-state index is 0.833. The molecule has 0 aromatic rings. The van der Waals surface area contributed by atoms with Crippen molar-refractivity contribution in [2.24, 2.45) is 5.92 Å². The van der Waals surface area contributed by atoms with E-state index in [0.717, 1.165) is 12.8 Å². The van der Waals surface area contributed by atoms with E-state index in [1.165, 1.54) is 12.8 Å². The van der Waals surface area contributed by atoms with E-state index in [4.69, 9.17) is 9.90 Å². The van der Waals surface area contributed by atoms with Crippen molar-refractivity contribution in [1.29, 1.82) is 0 Å². The Bertz CT molecular complexity index is 73.9. The van der Waals surface area contributed by atoms with Crippen molar-refractivity contribution in [2.45, 2.75) is 47.5 Å². The summed E-state index contributed by atoms with van der Waals surface area (Å²) in [6.45, 7) is 12.8. The van der Waals surface area contributed by atoms with Gasteiger partial charge in [0, 0.05) is 6.92 Å². The van der Waals surface area contributed by atoms with Crippen molar-refractivity contribution in [3.8, 4) is 0 Å². The summed E-state index contributed by atoms with van der Waals surface area (Å²) >= 11 is 0. The molecule has 0 aliphatic rings. The van der Waals surface area contributed by atoms with Gasteiger partial charge in [-0.05, 0) is 5.92 Å². The molecule has 0 aromatic heterocycles. The summed E-state index contributed by atoms with van der Waals surface area (Å²) in [5, 5.41) is 7.42. The lowest BCUT2D eigenvalue weighted by atomic mass is 10.1. The fourth-order valence-electron chi connectivity index (χ4n) is 0.577. The standard InChI is InChI=1S/C6H14.C2H4O2.C2H5/c1-4-5-6(2)3;1-2(3)4;1-2/h6H,4-5H2,1-3H3;1H3,(H,3,4);1H2,2H3. The fourth-order valence-corrected chi connectivity index (χ4v) is 0.577. The second-order valence-corrected chi connectivity index (χ2v) is 2.70. The summed E-state index contributed by atoms with van der Waals surface area (Å²) in [4.78, 5) is 9.00. The van der Waals surface area contributed by atoms with Gasteiger partial charge in [-0.1, -0.05) is 47.5 Å². The van der Waals surface area contributed by atoms with E-state index < -0.39 is 5.97 Å². The Kier molecular flexibility index (Phi) is 24.6. The van der Waals surface area contributed by atoms with E-state index in [2.05, 4.69) is 27.7 Å². The minimum Gasteiger partial charge on any atom is -0.481 e. The Morgan fingerprint density at radius 2 is 1.67 bits per heavy atom. The first-order chi connectivity index (χ1) is 5.50. The Balaban J connectivity index is -0.000000118. The van der Waals surface area contributed by atoms with Gasteiger partial charge in [-0.3, -0.25) is 4.79 Å². The highest BCUT2D eigenvalue weighted by Gasteiger charge is 1.85. The molecular weight excluding hydrogens is 152 g/mol. The normalized spacial score (nSPS) is 7.58. The summed E-state index contributed by atoms with van der Waals surface area (Å²) in [5.41, 5.74) is 0. The molecule has 0 amide bonds. The molecule has 0 atom stereocenters. The van der Waals surface area contributed by atoms with Crippen molar-refractivity contribution in [3.63, 3.8) is 0 Å². The highest BCUT2D eigenvalue weighted by atomic mass is 16.4. The molecule has 0 unspecified atom stereocenters. The number of aliphatic carboxylic acids is 1. The van der Waals surface area contributed by atoms with Crippen LogP contribution in [-0.4, -0.2) is 11.1 Å². The second kappa shape index (κ2) is 16.8. The van der Waals surface area contributed by atoms with Gasteiger partial charge in [-0.15, -0.1) is 0 Å². The SMILES string of the molecule is CC(=O)O.CCCC(C)C.[CH2]C. The molecule has 0 aliphatic carbocycles. The summed E-state index contributed by atoms with van der Waals surface area (Å²) in [5.74, 6) is 0.0648. The Morgan fingerprint density at radius 1 is 1.42 bits per heavy atom. The van der Waals surface area contributed by atoms with Crippen molar-refractivity contribution in [1.82, 2.24) is 0 Å². The molecule has 0 aliphatic heterocycles. The summed E-state index contributed by atoms with van der Waals surface area (Å²) in [7, 11) is 0. The highest BCUT2D eigenvalue weighted by Crippen LogP contribution is 2.00. The monoisotopic (exact) mass is 175 g/mol. The quantitative estimate of drug-likeness (QED) is 0.698. The molecule has 1 N–H and O–H groups in total.